The molecular formula is C19H19NO3S. The zero-order valence-corrected chi connectivity index (χ0v) is 14.4. The molecular weight excluding hydrogens is 322 g/mol. The molecule has 0 saturated heterocycles. The highest BCUT2D eigenvalue weighted by molar-refractivity contribution is 7.89. The van der Waals surface area contributed by atoms with Crippen LogP contribution in [0, 0.1) is 0 Å². The molecule has 0 aliphatic rings. The van der Waals surface area contributed by atoms with Gasteiger partial charge in [0.1, 0.15) is 5.75 Å². The zero-order chi connectivity index (χ0) is 17.2. The minimum absolute atomic E-state index is 0.252. The number of hydrogen-bond acceptors (Lipinski definition) is 3. The van der Waals surface area contributed by atoms with Crippen molar-refractivity contribution in [2.75, 3.05) is 7.11 Å². The van der Waals surface area contributed by atoms with Gasteiger partial charge in [0.05, 0.1) is 12.0 Å². The molecule has 0 bridgehead atoms. The van der Waals surface area contributed by atoms with Gasteiger partial charge in [-0.1, -0.05) is 54.6 Å². The molecule has 4 nitrogen and oxygen atoms in total. The molecule has 0 heterocycles. The molecule has 0 radical (unpaired) electrons. The van der Waals surface area contributed by atoms with E-state index in [2.05, 4.69) is 4.72 Å². The molecule has 1 N–H and O–H groups in total. The highest BCUT2D eigenvalue weighted by Crippen LogP contribution is 2.31. The number of benzene rings is 3. The van der Waals surface area contributed by atoms with E-state index >= 15 is 0 Å². The fraction of sp³-hybridized carbons (Fsp3) is 0.158. The van der Waals surface area contributed by atoms with E-state index in [1.54, 1.807) is 25.3 Å². The quantitative estimate of drug-likeness (QED) is 0.766. The van der Waals surface area contributed by atoms with E-state index in [4.69, 9.17) is 4.74 Å². The van der Waals surface area contributed by atoms with Crippen molar-refractivity contribution >= 4 is 20.8 Å². The Balaban J connectivity index is 2.03. The average molecular weight is 341 g/mol. The van der Waals surface area contributed by atoms with Crippen LogP contribution in [0.2, 0.25) is 0 Å². The molecule has 0 aliphatic heterocycles. The van der Waals surface area contributed by atoms with E-state index in [0.29, 0.717) is 11.1 Å². The number of fused-ring (bicyclic) bond motifs is 1. The van der Waals surface area contributed by atoms with E-state index in [1.807, 2.05) is 55.5 Å². The summed E-state index contributed by atoms with van der Waals surface area (Å²) in [7, 11) is -2.09. The van der Waals surface area contributed by atoms with E-state index in [-0.39, 0.29) is 10.9 Å². The fourth-order valence-corrected chi connectivity index (χ4v) is 4.21. The highest BCUT2D eigenvalue weighted by Gasteiger charge is 2.21. The highest BCUT2D eigenvalue weighted by atomic mass is 32.2. The molecule has 0 aromatic heterocycles. The van der Waals surface area contributed by atoms with Gasteiger partial charge in [-0.2, -0.15) is 0 Å². The minimum Gasteiger partial charge on any atom is -0.496 e. The lowest BCUT2D eigenvalue weighted by molar-refractivity contribution is 0.419. The van der Waals surface area contributed by atoms with Crippen molar-refractivity contribution in [1.29, 1.82) is 0 Å². The third kappa shape index (κ3) is 3.13. The summed E-state index contributed by atoms with van der Waals surface area (Å²) in [5, 5.41) is 1.42. The summed E-state index contributed by atoms with van der Waals surface area (Å²) in [5.41, 5.74) is 0.916. The van der Waals surface area contributed by atoms with Crippen LogP contribution in [0.5, 0.6) is 5.75 Å². The Morgan fingerprint density at radius 3 is 2.17 bits per heavy atom. The number of rotatable bonds is 5. The maximum Gasteiger partial charge on any atom is 0.241 e. The second kappa shape index (κ2) is 6.63. The molecule has 0 aliphatic carbocycles. The maximum atomic E-state index is 12.9. The minimum atomic E-state index is -3.66. The van der Waals surface area contributed by atoms with Crippen LogP contribution in [0.15, 0.2) is 71.6 Å². The Labute approximate surface area is 142 Å². The van der Waals surface area contributed by atoms with Crippen molar-refractivity contribution in [3.05, 3.63) is 72.3 Å². The summed E-state index contributed by atoms with van der Waals surface area (Å²) in [4.78, 5) is 0.252. The predicted molar refractivity (Wildman–Crippen MR) is 95.7 cm³/mol. The standard InChI is InChI=1S/C19H19NO3S/c1-14(15-8-4-3-5-9-15)20-24(21,22)19-13-12-18(23-2)16-10-6-7-11-17(16)19/h3-14,20H,1-2H3. The first kappa shape index (κ1) is 16.5. The number of methoxy groups -OCH3 is 1. The Morgan fingerprint density at radius 1 is 0.875 bits per heavy atom. The lowest BCUT2D eigenvalue weighted by Crippen LogP contribution is -2.27. The summed E-state index contributed by atoms with van der Waals surface area (Å²) in [6.07, 6.45) is 0. The first-order valence-electron chi connectivity index (χ1n) is 7.66. The molecule has 0 amide bonds. The van der Waals surface area contributed by atoms with Gasteiger partial charge in [0.2, 0.25) is 10.0 Å². The topological polar surface area (TPSA) is 55.4 Å². The van der Waals surface area contributed by atoms with Crippen molar-refractivity contribution in [2.45, 2.75) is 17.9 Å². The van der Waals surface area contributed by atoms with Crippen LogP contribution < -0.4 is 9.46 Å². The molecule has 1 unspecified atom stereocenters. The van der Waals surface area contributed by atoms with Gasteiger partial charge in [0.15, 0.2) is 0 Å². The Bertz CT molecular complexity index is 953. The number of sulfonamides is 1. The summed E-state index contributed by atoms with van der Waals surface area (Å²) in [6.45, 7) is 1.83. The molecule has 5 heteroatoms. The fourth-order valence-electron chi connectivity index (χ4n) is 2.76. The summed E-state index contributed by atoms with van der Waals surface area (Å²) < 4.78 is 33.8. The normalized spacial score (nSPS) is 12.9. The maximum absolute atomic E-state index is 12.9. The van der Waals surface area contributed by atoms with Gasteiger partial charge in [0, 0.05) is 16.8 Å². The average Bonchev–Trinajstić information content (AvgIpc) is 2.61. The molecule has 24 heavy (non-hydrogen) atoms. The molecule has 0 saturated carbocycles. The molecule has 3 aromatic carbocycles. The van der Waals surface area contributed by atoms with Crippen LogP contribution in [0.25, 0.3) is 10.8 Å². The predicted octanol–water partition coefficient (Wildman–Crippen LogP) is 3.89. The molecule has 0 spiro atoms. The van der Waals surface area contributed by atoms with Gasteiger partial charge >= 0.3 is 0 Å². The molecule has 3 rings (SSSR count). The Hall–Kier alpha value is -2.37. The number of ether oxygens (including phenoxy) is 1. The van der Waals surface area contributed by atoms with Gasteiger partial charge in [-0.05, 0) is 24.6 Å². The van der Waals surface area contributed by atoms with E-state index in [9.17, 15) is 8.42 Å². The van der Waals surface area contributed by atoms with Crippen molar-refractivity contribution in [2.24, 2.45) is 0 Å². The number of nitrogens with one attached hydrogen (secondary N) is 1. The van der Waals surface area contributed by atoms with Crippen molar-refractivity contribution < 1.29 is 13.2 Å². The van der Waals surface area contributed by atoms with Crippen LogP contribution in [0.4, 0.5) is 0 Å². The zero-order valence-electron chi connectivity index (χ0n) is 13.6. The summed E-state index contributed by atoms with van der Waals surface area (Å²) >= 11 is 0. The summed E-state index contributed by atoms with van der Waals surface area (Å²) in [6, 6.07) is 19.8. The second-order valence-corrected chi connectivity index (χ2v) is 7.25. The Morgan fingerprint density at radius 2 is 1.50 bits per heavy atom. The summed E-state index contributed by atoms with van der Waals surface area (Å²) in [5.74, 6) is 0.653. The van der Waals surface area contributed by atoms with Crippen molar-refractivity contribution in [1.82, 2.24) is 4.72 Å². The van der Waals surface area contributed by atoms with Crippen LogP contribution in [0.1, 0.15) is 18.5 Å². The third-order valence-electron chi connectivity index (χ3n) is 3.98. The second-order valence-electron chi connectivity index (χ2n) is 5.57. The van der Waals surface area contributed by atoms with E-state index < -0.39 is 10.0 Å². The molecule has 1 atom stereocenters. The number of hydrogen-bond donors (Lipinski definition) is 1. The largest absolute Gasteiger partial charge is 0.496 e. The van der Waals surface area contributed by atoms with Crippen molar-refractivity contribution in [3.8, 4) is 5.75 Å². The van der Waals surface area contributed by atoms with Gasteiger partial charge in [-0.3, -0.25) is 0 Å². The first-order valence-corrected chi connectivity index (χ1v) is 9.14. The molecule has 124 valence electrons. The van der Waals surface area contributed by atoms with E-state index in [1.165, 1.54) is 0 Å². The lowest BCUT2D eigenvalue weighted by atomic mass is 10.1. The molecule has 3 aromatic rings. The monoisotopic (exact) mass is 341 g/mol. The van der Waals surface area contributed by atoms with Gasteiger partial charge in [0.25, 0.3) is 0 Å². The van der Waals surface area contributed by atoms with Crippen LogP contribution in [0.3, 0.4) is 0 Å². The van der Waals surface area contributed by atoms with Crippen LogP contribution >= 0.6 is 0 Å². The lowest BCUT2D eigenvalue weighted by Gasteiger charge is -2.16. The SMILES string of the molecule is COc1ccc(S(=O)(=O)NC(C)c2ccccc2)c2ccccc12. The van der Waals surface area contributed by atoms with Gasteiger partial charge in [-0.25, -0.2) is 13.1 Å². The molecule has 0 fully saturated rings. The van der Waals surface area contributed by atoms with Gasteiger partial charge < -0.3 is 4.74 Å². The van der Waals surface area contributed by atoms with E-state index in [0.717, 1.165) is 10.9 Å². The van der Waals surface area contributed by atoms with Crippen LogP contribution in [-0.4, -0.2) is 15.5 Å². The smallest absolute Gasteiger partial charge is 0.241 e. The van der Waals surface area contributed by atoms with Crippen LogP contribution in [-0.2, 0) is 10.0 Å². The van der Waals surface area contributed by atoms with Crippen molar-refractivity contribution in [3.63, 3.8) is 0 Å². The van der Waals surface area contributed by atoms with Gasteiger partial charge in [-0.15, -0.1) is 0 Å². The first-order chi connectivity index (χ1) is 11.5. The third-order valence-corrected chi connectivity index (χ3v) is 5.58. The Kier molecular flexibility index (Phi) is 4.55.